The molecule has 0 spiro atoms. The third-order valence-corrected chi connectivity index (χ3v) is 2.88. The zero-order chi connectivity index (χ0) is 16.4. The van der Waals surface area contributed by atoms with E-state index in [9.17, 15) is 18.0 Å². The quantitative estimate of drug-likeness (QED) is 0.938. The fraction of sp³-hybridized carbons (Fsp3) is 0.133. The first-order valence-electron chi connectivity index (χ1n) is 6.50. The van der Waals surface area contributed by atoms with E-state index in [1.165, 1.54) is 36.4 Å². The summed E-state index contributed by atoms with van der Waals surface area (Å²) in [7, 11) is 0. The van der Waals surface area contributed by atoms with Gasteiger partial charge in [-0.05, 0) is 24.3 Å². The molecule has 3 rings (SSSR count). The number of hydrogen-bond acceptors (Lipinski definition) is 4. The number of carbonyl (C=O) groups is 1. The topological polar surface area (TPSA) is 56.8 Å². The summed E-state index contributed by atoms with van der Waals surface area (Å²) in [4.78, 5) is 11.7. The van der Waals surface area contributed by atoms with Gasteiger partial charge >= 0.3 is 6.29 Å². The predicted octanol–water partition coefficient (Wildman–Crippen LogP) is 3.16. The van der Waals surface area contributed by atoms with Gasteiger partial charge in [0.05, 0.1) is 0 Å². The van der Waals surface area contributed by atoms with Crippen LogP contribution in [0, 0.1) is 5.82 Å². The Kier molecular flexibility index (Phi) is 3.73. The number of benzene rings is 2. The van der Waals surface area contributed by atoms with Crippen LogP contribution in [0.25, 0.3) is 0 Å². The van der Waals surface area contributed by atoms with Crippen molar-refractivity contribution in [3.63, 3.8) is 0 Å². The second-order valence-corrected chi connectivity index (χ2v) is 4.60. The highest BCUT2D eigenvalue weighted by Gasteiger charge is 2.43. The van der Waals surface area contributed by atoms with E-state index in [4.69, 9.17) is 4.74 Å². The molecule has 1 aliphatic heterocycles. The molecule has 1 amide bonds. The zero-order valence-corrected chi connectivity index (χ0v) is 11.5. The summed E-state index contributed by atoms with van der Waals surface area (Å²) in [6, 6.07) is 9.43. The summed E-state index contributed by atoms with van der Waals surface area (Å²) in [5, 5.41) is 2.42. The number of carbonyl (C=O) groups excluding carboxylic acids is 1. The lowest BCUT2D eigenvalue weighted by Crippen LogP contribution is -2.25. The molecule has 1 aliphatic rings. The van der Waals surface area contributed by atoms with Crippen molar-refractivity contribution in [1.29, 1.82) is 0 Å². The van der Waals surface area contributed by atoms with Crippen molar-refractivity contribution in [3.8, 4) is 17.2 Å². The second kappa shape index (κ2) is 5.71. The highest BCUT2D eigenvalue weighted by Crippen LogP contribution is 2.42. The Bertz CT molecular complexity index is 751. The van der Waals surface area contributed by atoms with Crippen LogP contribution in [0.3, 0.4) is 0 Å². The van der Waals surface area contributed by atoms with Crippen molar-refractivity contribution in [3.05, 3.63) is 48.3 Å². The van der Waals surface area contributed by atoms with Gasteiger partial charge in [-0.3, -0.25) is 4.79 Å². The fourth-order valence-electron chi connectivity index (χ4n) is 1.93. The maximum atomic E-state index is 13.3. The zero-order valence-electron chi connectivity index (χ0n) is 11.5. The van der Waals surface area contributed by atoms with Crippen LogP contribution >= 0.6 is 0 Å². The van der Waals surface area contributed by atoms with Gasteiger partial charge in [-0.15, -0.1) is 8.78 Å². The van der Waals surface area contributed by atoms with Crippen molar-refractivity contribution < 1.29 is 32.2 Å². The van der Waals surface area contributed by atoms with Crippen LogP contribution in [0.2, 0.25) is 0 Å². The van der Waals surface area contributed by atoms with Gasteiger partial charge in [0, 0.05) is 11.8 Å². The molecule has 8 heteroatoms. The minimum Gasteiger partial charge on any atom is -0.481 e. The third-order valence-electron chi connectivity index (χ3n) is 2.88. The first-order chi connectivity index (χ1) is 10.9. The van der Waals surface area contributed by atoms with Crippen molar-refractivity contribution >= 4 is 11.6 Å². The summed E-state index contributed by atoms with van der Waals surface area (Å²) in [5.41, 5.74) is 0.215. The normalized spacial score (nSPS) is 14.4. The monoisotopic (exact) mass is 325 g/mol. The molecule has 0 radical (unpaired) electrons. The maximum Gasteiger partial charge on any atom is 0.586 e. The molecular formula is C15H10F3NO4. The largest absolute Gasteiger partial charge is 0.586 e. The average Bonchev–Trinajstić information content (AvgIpc) is 2.79. The molecule has 0 bridgehead atoms. The molecular weight excluding hydrogens is 315 g/mol. The average molecular weight is 325 g/mol. The van der Waals surface area contributed by atoms with Crippen LogP contribution in [0.1, 0.15) is 0 Å². The van der Waals surface area contributed by atoms with Crippen LogP contribution in [0.4, 0.5) is 18.9 Å². The van der Waals surface area contributed by atoms with Crippen LogP contribution in [-0.2, 0) is 4.79 Å². The molecule has 120 valence electrons. The van der Waals surface area contributed by atoms with Crippen molar-refractivity contribution in [1.82, 2.24) is 0 Å². The third kappa shape index (κ3) is 3.47. The fourth-order valence-corrected chi connectivity index (χ4v) is 1.93. The number of rotatable bonds is 4. The Hall–Kier alpha value is -2.90. The van der Waals surface area contributed by atoms with E-state index in [-0.39, 0.29) is 22.9 Å². The van der Waals surface area contributed by atoms with Crippen molar-refractivity contribution in [2.24, 2.45) is 0 Å². The Morgan fingerprint density at radius 1 is 1.13 bits per heavy atom. The Balaban J connectivity index is 1.60. The van der Waals surface area contributed by atoms with Gasteiger partial charge in [-0.2, -0.15) is 0 Å². The summed E-state index contributed by atoms with van der Waals surface area (Å²) < 4.78 is 52.7. The molecule has 0 fully saturated rings. The standard InChI is InChI=1S/C15H10F3NO4/c16-10-3-1-2-4-11(10)21-8-14(20)19-9-5-6-12-13(7-9)23-15(17,18)22-12/h1-7H,8H2,(H,19,20). The van der Waals surface area contributed by atoms with Crippen molar-refractivity contribution in [2.45, 2.75) is 6.29 Å². The Labute approximate surface area is 128 Å². The minimum atomic E-state index is -3.72. The number of amides is 1. The summed E-state index contributed by atoms with van der Waals surface area (Å²) >= 11 is 0. The molecule has 0 aromatic heterocycles. The number of ether oxygens (including phenoxy) is 3. The molecule has 0 unspecified atom stereocenters. The lowest BCUT2D eigenvalue weighted by Gasteiger charge is -2.08. The van der Waals surface area contributed by atoms with Crippen LogP contribution < -0.4 is 19.5 Å². The first-order valence-corrected chi connectivity index (χ1v) is 6.50. The molecule has 1 N–H and O–H groups in total. The number of halogens is 3. The summed E-state index contributed by atoms with van der Waals surface area (Å²) in [5.74, 6) is -1.56. The van der Waals surface area contributed by atoms with E-state index in [1.54, 1.807) is 6.07 Å². The van der Waals surface area contributed by atoms with Gasteiger partial charge in [-0.25, -0.2) is 4.39 Å². The highest BCUT2D eigenvalue weighted by molar-refractivity contribution is 5.92. The molecule has 1 heterocycles. The lowest BCUT2D eigenvalue weighted by atomic mass is 10.3. The smallest absolute Gasteiger partial charge is 0.481 e. The van der Waals surface area contributed by atoms with Gasteiger partial charge in [0.25, 0.3) is 5.91 Å². The van der Waals surface area contributed by atoms with Gasteiger partial charge in [0.1, 0.15) is 0 Å². The Morgan fingerprint density at radius 3 is 2.65 bits per heavy atom. The van der Waals surface area contributed by atoms with E-state index < -0.39 is 24.6 Å². The number of alkyl halides is 2. The number of hydrogen-bond donors (Lipinski definition) is 1. The molecule has 2 aromatic carbocycles. The first kappa shape index (κ1) is 15.0. The van der Waals surface area contributed by atoms with Gasteiger partial charge in [-0.1, -0.05) is 12.1 Å². The molecule has 23 heavy (non-hydrogen) atoms. The van der Waals surface area contributed by atoms with Gasteiger partial charge in [0.15, 0.2) is 29.7 Å². The van der Waals surface area contributed by atoms with E-state index in [1.807, 2.05) is 0 Å². The summed E-state index contributed by atoms with van der Waals surface area (Å²) in [6.45, 7) is -0.439. The Morgan fingerprint density at radius 2 is 1.87 bits per heavy atom. The maximum absolute atomic E-state index is 13.3. The van der Waals surface area contributed by atoms with E-state index >= 15 is 0 Å². The summed E-state index contributed by atoms with van der Waals surface area (Å²) in [6.07, 6.45) is -3.72. The molecule has 0 aliphatic carbocycles. The SMILES string of the molecule is O=C(COc1ccccc1F)Nc1ccc2c(c1)OC(F)(F)O2. The van der Waals surface area contributed by atoms with Crippen LogP contribution in [-0.4, -0.2) is 18.8 Å². The molecule has 0 saturated carbocycles. The van der Waals surface area contributed by atoms with Crippen LogP contribution in [0.5, 0.6) is 17.2 Å². The molecule has 2 aromatic rings. The second-order valence-electron chi connectivity index (χ2n) is 4.60. The minimum absolute atomic E-state index is 0.0621. The number of para-hydroxylation sites is 1. The van der Waals surface area contributed by atoms with E-state index in [2.05, 4.69) is 14.8 Å². The van der Waals surface area contributed by atoms with E-state index in [0.717, 1.165) is 0 Å². The predicted molar refractivity (Wildman–Crippen MR) is 73.2 cm³/mol. The molecule has 0 saturated heterocycles. The lowest BCUT2D eigenvalue weighted by molar-refractivity contribution is -0.286. The number of fused-ring (bicyclic) bond motifs is 1. The van der Waals surface area contributed by atoms with Gasteiger partial charge < -0.3 is 19.5 Å². The van der Waals surface area contributed by atoms with Crippen LogP contribution in [0.15, 0.2) is 42.5 Å². The van der Waals surface area contributed by atoms with E-state index in [0.29, 0.717) is 0 Å². The molecule has 5 nitrogen and oxygen atoms in total. The van der Waals surface area contributed by atoms with Crippen molar-refractivity contribution in [2.75, 3.05) is 11.9 Å². The van der Waals surface area contributed by atoms with Gasteiger partial charge in [0.2, 0.25) is 0 Å². The molecule has 0 atom stereocenters. The number of anilines is 1. The highest BCUT2D eigenvalue weighted by atomic mass is 19.3. The number of nitrogens with one attached hydrogen (secondary N) is 1.